The average molecular weight is 1040 g/mol. The van der Waals surface area contributed by atoms with Crippen molar-refractivity contribution in [3.63, 3.8) is 0 Å². The van der Waals surface area contributed by atoms with Crippen LogP contribution in [0.3, 0.4) is 0 Å². The first-order valence-corrected chi connectivity index (χ1v) is 29.4. The molecule has 0 amide bonds. The Hall–Kier alpha value is -7.04. The van der Waals surface area contributed by atoms with Crippen molar-refractivity contribution in [3.8, 4) is 65.4 Å². The molecule has 0 atom stereocenters. The van der Waals surface area contributed by atoms with Crippen LogP contribution < -0.4 is 0 Å². The molecule has 0 aliphatic carbocycles. The average Bonchev–Trinajstić information content (AvgIpc) is 4.28. The molecule has 0 fully saturated rings. The molecule has 366 valence electrons. The lowest BCUT2D eigenvalue weighted by Crippen LogP contribution is -1.91. The normalized spacial score (nSPS) is 11.7. The predicted molar refractivity (Wildman–Crippen MR) is 322 cm³/mol. The van der Waals surface area contributed by atoms with E-state index in [1.54, 1.807) is 22.7 Å². The smallest absolute Gasteiger partial charge is 0.0816 e. The number of fused-ring (bicyclic) bond motifs is 8. The van der Waals surface area contributed by atoms with Gasteiger partial charge in [-0.15, -0.1) is 45.3 Å². The van der Waals surface area contributed by atoms with Crippen LogP contribution in [-0.4, -0.2) is 19.9 Å². The largest absolute Gasteiger partial charge is 0.354 e. The third kappa shape index (κ3) is 10.8. The first-order chi connectivity index (χ1) is 36.4. The van der Waals surface area contributed by atoms with Crippen LogP contribution in [0.1, 0.15) is 130 Å². The summed E-state index contributed by atoms with van der Waals surface area (Å²) in [6.07, 6.45) is 20.9. The summed E-state index contributed by atoms with van der Waals surface area (Å²) in [5.41, 5.74) is 15.7. The summed E-state index contributed by atoms with van der Waals surface area (Å²) in [6.45, 7) is 9.08. The van der Waals surface area contributed by atoms with E-state index in [4.69, 9.17) is 9.97 Å². The van der Waals surface area contributed by atoms with Crippen LogP contribution in [0.4, 0.5) is 0 Å². The molecule has 74 heavy (non-hydrogen) atoms. The van der Waals surface area contributed by atoms with Crippen molar-refractivity contribution < 1.29 is 0 Å². The van der Waals surface area contributed by atoms with Crippen LogP contribution in [0.25, 0.3) is 88.1 Å². The summed E-state index contributed by atoms with van der Waals surface area (Å²) in [5, 5.41) is 0. The second kappa shape index (κ2) is 22.6. The Labute approximate surface area is 451 Å². The van der Waals surface area contributed by atoms with Crippen LogP contribution >= 0.6 is 45.3 Å². The molecule has 2 N–H and O–H groups in total. The highest BCUT2D eigenvalue weighted by atomic mass is 32.1. The van der Waals surface area contributed by atoms with Crippen LogP contribution in [0, 0.1) is 37.5 Å². The lowest BCUT2D eigenvalue weighted by Gasteiger charge is -2.04. The molecule has 8 heteroatoms. The monoisotopic (exact) mass is 1030 g/mol. The highest BCUT2D eigenvalue weighted by molar-refractivity contribution is 7.23. The van der Waals surface area contributed by atoms with E-state index in [9.17, 15) is 0 Å². The van der Waals surface area contributed by atoms with Gasteiger partial charge in [0, 0.05) is 51.4 Å². The van der Waals surface area contributed by atoms with Crippen LogP contribution in [0.15, 0.2) is 121 Å². The first kappa shape index (κ1) is 49.2. The summed E-state index contributed by atoms with van der Waals surface area (Å²) in [4.78, 5) is 28.6. The van der Waals surface area contributed by atoms with Gasteiger partial charge in [-0.25, -0.2) is 9.97 Å². The lowest BCUT2D eigenvalue weighted by atomic mass is 10.0. The third-order valence-corrected chi connectivity index (χ3v) is 18.4. The molecule has 4 nitrogen and oxygen atoms in total. The van der Waals surface area contributed by atoms with Crippen LogP contribution in [0.2, 0.25) is 0 Å². The SMILES string of the molecule is CCCCCCc1cc(-c2ccc(C#Cc3c4nc(c(-c5ccccc5)c5ccc([nH]5)c(C#Cc5ccc(-c6cc(CCCCCC)c(C)s6)s5)c5ccc([nH]5)c(-c5ccccc5)c5nc3C=C5)C=C4)s2)sc1C. The maximum atomic E-state index is 5.42. The second-order valence-corrected chi connectivity index (χ2v) is 23.7. The number of rotatable bonds is 14. The van der Waals surface area contributed by atoms with E-state index in [2.05, 4.69) is 207 Å². The molecule has 0 saturated heterocycles. The number of aryl methyl sites for hydroxylation is 4. The highest BCUT2D eigenvalue weighted by Crippen LogP contribution is 2.39. The van der Waals surface area contributed by atoms with E-state index < -0.39 is 0 Å². The molecule has 0 unspecified atom stereocenters. The van der Waals surface area contributed by atoms with Gasteiger partial charge < -0.3 is 9.97 Å². The molecule has 0 saturated carbocycles. The number of aromatic nitrogens is 4. The first-order valence-electron chi connectivity index (χ1n) is 26.1. The molecule has 9 heterocycles. The quantitative estimate of drug-likeness (QED) is 0.0842. The molecular formula is C66H58N4S4. The van der Waals surface area contributed by atoms with E-state index in [1.165, 1.54) is 91.8 Å². The minimum absolute atomic E-state index is 0.778. The molecule has 2 aliphatic heterocycles. The van der Waals surface area contributed by atoms with Crippen molar-refractivity contribution in [2.45, 2.75) is 91.9 Å². The van der Waals surface area contributed by atoms with Crippen molar-refractivity contribution in [2.75, 3.05) is 0 Å². The Balaban J connectivity index is 1.06. The topological polar surface area (TPSA) is 57.4 Å². The number of hydrogen-bond donors (Lipinski definition) is 2. The minimum atomic E-state index is 0.778. The fourth-order valence-electron chi connectivity index (χ4n) is 9.87. The number of nitrogens with zero attached hydrogens (tertiary/aromatic N) is 2. The zero-order valence-electron chi connectivity index (χ0n) is 42.5. The molecule has 2 aliphatic rings. The number of aromatic amines is 2. The zero-order chi connectivity index (χ0) is 50.4. The number of unbranched alkanes of at least 4 members (excludes halogenated alkanes) is 6. The van der Waals surface area contributed by atoms with Crippen molar-refractivity contribution in [1.29, 1.82) is 0 Å². The summed E-state index contributed by atoms with van der Waals surface area (Å²) in [7, 11) is 0. The van der Waals surface area contributed by atoms with E-state index in [-0.39, 0.29) is 0 Å². The fraction of sp³-hybridized carbons (Fsp3) is 0.212. The predicted octanol–water partition coefficient (Wildman–Crippen LogP) is 19.2. The molecule has 0 spiro atoms. The van der Waals surface area contributed by atoms with Gasteiger partial charge in [-0.3, -0.25) is 0 Å². The number of thiophene rings is 4. The number of H-pyrrole nitrogens is 2. The van der Waals surface area contributed by atoms with Crippen molar-refractivity contribution in [2.24, 2.45) is 0 Å². The Bertz CT molecular complexity index is 3720. The van der Waals surface area contributed by atoms with Crippen molar-refractivity contribution >= 4 is 91.7 Å². The third-order valence-electron chi connectivity index (χ3n) is 13.8. The fourth-order valence-corrected chi connectivity index (χ4v) is 13.9. The second-order valence-electron chi connectivity index (χ2n) is 19.1. The van der Waals surface area contributed by atoms with Gasteiger partial charge >= 0.3 is 0 Å². The number of hydrogen-bond acceptors (Lipinski definition) is 6. The molecule has 7 aromatic heterocycles. The summed E-state index contributed by atoms with van der Waals surface area (Å²) < 4.78 is 0. The van der Waals surface area contributed by atoms with Gasteiger partial charge in [-0.05, 0) is 147 Å². The molecule has 2 aromatic carbocycles. The summed E-state index contributed by atoms with van der Waals surface area (Å²) >= 11 is 7.31. The lowest BCUT2D eigenvalue weighted by molar-refractivity contribution is 0.666. The Morgan fingerprint density at radius 3 is 1.30 bits per heavy atom. The molecule has 0 radical (unpaired) electrons. The van der Waals surface area contributed by atoms with E-state index >= 15 is 0 Å². The van der Waals surface area contributed by atoms with Crippen LogP contribution in [-0.2, 0) is 12.8 Å². The van der Waals surface area contributed by atoms with Crippen molar-refractivity contribution in [3.05, 3.63) is 186 Å². The van der Waals surface area contributed by atoms with Gasteiger partial charge in [0.1, 0.15) is 0 Å². The van der Waals surface area contributed by atoms with Gasteiger partial charge in [0.15, 0.2) is 0 Å². The summed E-state index contributed by atoms with van der Waals surface area (Å²) in [6, 6.07) is 43.3. The number of benzene rings is 2. The molecule has 9 aromatic rings. The standard InChI is InChI=1S/C66H58N4S4/c1-5-7-9-13-23-47-41-63(71-43(47)3)61-39-27-49(73-61)25-29-51-53-31-35-57(67-53)65(45-19-15-11-16-20-45)59-37-33-55(69-59)52(30-26-50-28-40-62(74-50)64-42-48(44(4)72-64)24-14-10-8-6-2)56-34-38-60(70-56)66(46-21-17-12-18-22-46)58-36-32-54(51)68-58/h11-12,15-22,27-28,31-42,67-68H,5-10,13-14,23-24H2,1-4H3. The number of nitrogens with one attached hydrogen (secondary N) is 2. The van der Waals surface area contributed by atoms with E-state index in [1.807, 2.05) is 22.7 Å². The molecule has 11 rings (SSSR count). The molecule has 8 bridgehead atoms. The van der Waals surface area contributed by atoms with Gasteiger partial charge in [0.25, 0.3) is 0 Å². The van der Waals surface area contributed by atoms with E-state index in [0.717, 1.165) is 101 Å². The van der Waals surface area contributed by atoms with Crippen LogP contribution in [0.5, 0.6) is 0 Å². The highest BCUT2D eigenvalue weighted by Gasteiger charge is 2.19. The molecular weight excluding hydrogens is 977 g/mol. The Kier molecular flexibility index (Phi) is 15.0. The maximum absolute atomic E-state index is 5.42. The van der Waals surface area contributed by atoms with Gasteiger partial charge in [-0.1, -0.05) is 137 Å². The van der Waals surface area contributed by atoms with Gasteiger partial charge in [0.05, 0.1) is 54.7 Å². The summed E-state index contributed by atoms with van der Waals surface area (Å²) in [5.74, 6) is 14.5. The Morgan fingerprint density at radius 2 is 0.838 bits per heavy atom. The zero-order valence-corrected chi connectivity index (χ0v) is 45.7. The van der Waals surface area contributed by atoms with Gasteiger partial charge in [-0.2, -0.15) is 0 Å². The van der Waals surface area contributed by atoms with Gasteiger partial charge in [0.2, 0.25) is 0 Å². The van der Waals surface area contributed by atoms with Crippen molar-refractivity contribution in [1.82, 2.24) is 19.9 Å². The minimum Gasteiger partial charge on any atom is -0.354 e. The maximum Gasteiger partial charge on any atom is 0.0816 e. The van der Waals surface area contributed by atoms with E-state index in [0.29, 0.717) is 0 Å². The Morgan fingerprint density at radius 1 is 0.405 bits per heavy atom.